The first-order valence-electron chi connectivity index (χ1n) is 9.65. The van der Waals surface area contributed by atoms with Crippen LogP contribution in [0.5, 0.6) is 11.5 Å². The van der Waals surface area contributed by atoms with E-state index < -0.39 is 9.84 Å². The Bertz CT molecular complexity index is 1200. The predicted molar refractivity (Wildman–Crippen MR) is 128 cm³/mol. The SMILES string of the molecule is COc1ccc(CC(=O)N=C2S[C@H]3CS(=O)(=O)C[C@H]3N2c2cccc(Cl)c2Cl)cc1OC. The second kappa shape index (κ2) is 9.13. The van der Waals surface area contributed by atoms with Crippen LogP contribution in [0.3, 0.4) is 0 Å². The number of nitrogens with zero attached hydrogens (tertiary/aromatic N) is 2. The highest BCUT2D eigenvalue weighted by Gasteiger charge is 2.49. The van der Waals surface area contributed by atoms with Gasteiger partial charge in [0.15, 0.2) is 26.5 Å². The number of anilines is 1. The van der Waals surface area contributed by atoms with E-state index in [2.05, 4.69) is 4.99 Å². The van der Waals surface area contributed by atoms with Crippen molar-refractivity contribution in [1.82, 2.24) is 0 Å². The van der Waals surface area contributed by atoms with Crippen molar-refractivity contribution >= 4 is 61.6 Å². The normalized spacial score (nSPS) is 22.8. The van der Waals surface area contributed by atoms with Gasteiger partial charge in [-0.15, -0.1) is 0 Å². The lowest BCUT2D eigenvalue weighted by Gasteiger charge is -2.25. The van der Waals surface area contributed by atoms with Gasteiger partial charge in [0, 0.05) is 5.25 Å². The summed E-state index contributed by atoms with van der Waals surface area (Å²) in [7, 11) is -0.122. The molecule has 2 atom stereocenters. The van der Waals surface area contributed by atoms with Crippen LogP contribution in [0.1, 0.15) is 5.56 Å². The maximum Gasteiger partial charge on any atom is 0.252 e. The minimum absolute atomic E-state index is 0.0277. The molecule has 7 nitrogen and oxygen atoms in total. The van der Waals surface area contributed by atoms with Gasteiger partial charge in [0.25, 0.3) is 5.91 Å². The van der Waals surface area contributed by atoms with Gasteiger partial charge >= 0.3 is 0 Å². The summed E-state index contributed by atoms with van der Waals surface area (Å²) in [6.07, 6.45) is 0.0508. The Morgan fingerprint density at radius 1 is 1.16 bits per heavy atom. The van der Waals surface area contributed by atoms with Crippen molar-refractivity contribution < 1.29 is 22.7 Å². The third-order valence-electron chi connectivity index (χ3n) is 5.28. The summed E-state index contributed by atoms with van der Waals surface area (Å²) in [4.78, 5) is 18.9. The van der Waals surface area contributed by atoms with E-state index in [0.717, 1.165) is 5.56 Å². The zero-order valence-corrected chi connectivity index (χ0v) is 20.4. The molecule has 0 bridgehead atoms. The van der Waals surface area contributed by atoms with Crippen LogP contribution in [-0.2, 0) is 21.1 Å². The van der Waals surface area contributed by atoms with Crippen molar-refractivity contribution in [3.63, 3.8) is 0 Å². The van der Waals surface area contributed by atoms with E-state index in [1.807, 2.05) is 0 Å². The number of fused-ring (bicyclic) bond motifs is 1. The smallest absolute Gasteiger partial charge is 0.252 e. The number of methoxy groups -OCH3 is 2. The number of thioether (sulfide) groups is 1. The fraction of sp³-hybridized carbons (Fsp3) is 0.333. The summed E-state index contributed by atoms with van der Waals surface area (Å²) in [5.74, 6) is 0.715. The summed E-state index contributed by atoms with van der Waals surface area (Å²) < 4.78 is 35.0. The molecule has 32 heavy (non-hydrogen) atoms. The van der Waals surface area contributed by atoms with Crippen LogP contribution in [0.15, 0.2) is 41.4 Å². The van der Waals surface area contributed by atoms with E-state index in [9.17, 15) is 13.2 Å². The quantitative estimate of drug-likeness (QED) is 0.598. The molecule has 0 saturated carbocycles. The third kappa shape index (κ3) is 4.57. The molecule has 170 valence electrons. The Morgan fingerprint density at radius 3 is 2.62 bits per heavy atom. The predicted octanol–water partition coefficient (Wildman–Crippen LogP) is 3.85. The molecule has 0 spiro atoms. The molecular formula is C21H20Cl2N2O5S2. The van der Waals surface area contributed by atoms with E-state index in [0.29, 0.717) is 32.4 Å². The molecule has 0 aliphatic carbocycles. The number of ether oxygens (including phenoxy) is 2. The van der Waals surface area contributed by atoms with Crippen LogP contribution in [-0.4, -0.2) is 56.5 Å². The van der Waals surface area contributed by atoms with Crippen molar-refractivity contribution in [2.75, 3.05) is 30.6 Å². The molecule has 2 aliphatic heterocycles. The van der Waals surface area contributed by atoms with Crippen LogP contribution in [0, 0.1) is 0 Å². The Kier molecular flexibility index (Phi) is 6.63. The first kappa shape index (κ1) is 23.2. The average molecular weight is 515 g/mol. The molecule has 0 N–H and O–H groups in total. The van der Waals surface area contributed by atoms with Crippen LogP contribution < -0.4 is 14.4 Å². The third-order valence-corrected chi connectivity index (χ3v) is 9.30. The van der Waals surface area contributed by atoms with Gasteiger partial charge in [0.2, 0.25) is 0 Å². The summed E-state index contributed by atoms with van der Waals surface area (Å²) in [6.45, 7) is 0. The van der Waals surface area contributed by atoms with Crippen molar-refractivity contribution in [1.29, 1.82) is 0 Å². The number of amidine groups is 1. The monoisotopic (exact) mass is 514 g/mol. The zero-order chi connectivity index (χ0) is 23.0. The van der Waals surface area contributed by atoms with E-state index in [4.69, 9.17) is 32.7 Å². The number of aliphatic imine (C=N–C) groups is 1. The standard InChI is InChI=1S/C21H20Cl2N2O5S2/c1-29-16-7-6-12(8-17(16)30-2)9-19(26)24-21-25(14-5-3-4-13(22)20(14)23)15-10-32(27,28)11-18(15)31-21/h3-8,15,18H,9-11H2,1-2H3/t15-,18+/m1/s1. The lowest BCUT2D eigenvalue weighted by molar-refractivity contribution is -0.117. The van der Waals surface area contributed by atoms with Crippen molar-refractivity contribution in [3.05, 3.63) is 52.0 Å². The molecule has 4 rings (SSSR count). The molecular weight excluding hydrogens is 495 g/mol. The minimum Gasteiger partial charge on any atom is -0.493 e. The lowest BCUT2D eigenvalue weighted by Crippen LogP contribution is -2.38. The van der Waals surface area contributed by atoms with Crippen molar-refractivity contribution in [2.24, 2.45) is 4.99 Å². The van der Waals surface area contributed by atoms with Gasteiger partial charge in [-0.05, 0) is 29.8 Å². The number of carbonyl (C=O) groups is 1. The topological polar surface area (TPSA) is 85.3 Å². The van der Waals surface area contributed by atoms with E-state index in [1.54, 1.807) is 48.4 Å². The van der Waals surface area contributed by atoms with Crippen molar-refractivity contribution in [3.8, 4) is 11.5 Å². The maximum atomic E-state index is 12.8. The minimum atomic E-state index is -3.19. The van der Waals surface area contributed by atoms with Crippen LogP contribution in [0.25, 0.3) is 0 Å². The van der Waals surface area contributed by atoms with Gasteiger partial charge in [-0.1, -0.05) is 47.1 Å². The first-order chi connectivity index (χ1) is 15.2. The Hall–Kier alpha value is -1.94. The van der Waals surface area contributed by atoms with Crippen LogP contribution >= 0.6 is 35.0 Å². The Balaban J connectivity index is 1.65. The summed E-state index contributed by atoms with van der Waals surface area (Å²) in [5.41, 5.74) is 1.25. The molecule has 0 radical (unpaired) electrons. The molecule has 0 unspecified atom stereocenters. The fourth-order valence-corrected chi connectivity index (χ4v) is 8.15. The number of sulfone groups is 1. The van der Waals surface area contributed by atoms with E-state index in [-0.39, 0.29) is 35.1 Å². The molecule has 1 amide bonds. The second-order valence-corrected chi connectivity index (χ2v) is 11.5. The number of benzene rings is 2. The molecule has 2 heterocycles. The molecule has 2 aromatic carbocycles. The second-order valence-electron chi connectivity index (χ2n) is 7.40. The summed E-state index contributed by atoms with van der Waals surface area (Å²) in [5, 5.41) is 0.821. The van der Waals surface area contributed by atoms with Crippen LogP contribution in [0.4, 0.5) is 5.69 Å². The Labute approximate surface area is 200 Å². The van der Waals surface area contributed by atoms with Gasteiger partial charge in [-0.25, -0.2) is 8.42 Å². The summed E-state index contributed by atoms with van der Waals surface area (Å²) >= 11 is 13.9. The highest BCUT2D eigenvalue weighted by atomic mass is 35.5. The highest BCUT2D eigenvalue weighted by molar-refractivity contribution is 8.16. The number of amides is 1. The van der Waals surface area contributed by atoms with Gasteiger partial charge in [-0.3, -0.25) is 4.79 Å². The maximum absolute atomic E-state index is 12.8. The summed E-state index contributed by atoms with van der Waals surface area (Å²) in [6, 6.07) is 9.99. The number of rotatable bonds is 5. The average Bonchev–Trinajstić information content (AvgIpc) is 3.20. The van der Waals surface area contributed by atoms with Gasteiger partial charge in [0.1, 0.15) is 0 Å². The van der Waals surface area contributed by atoms with E-state index >= 15 is 0 Å². The van der Waals surface area contributed by atoms with Crippen LogP contribution in [0.2, 0.25) is 10.0 Å². The largest absolute Gasteiger partial charge is 0.493 e. The van der Waals surface area contributed by atoms with Gasteiger partial charge < -0.3 is 14.4 Å². The molecule has 2 aliphatic rings. The molecule has 2 aromatic rings. The van der Waals surface area contributed by atoms with Gasteiger partial charge in [0.05, 0.1) is 53.9 Å². The number of hydrogen-bond donors (Lipinski definition) is 0. The number of hydrogen-bond acceptors (Lipinski definition) is 6. The zero-order valence-electron chi connectivity index (χ0n) is 17.2. The fourth-order valence-electron chi connectivity index (χ4n) is 3.84. The molecule has 2 saturated heterocycles. The number of carbonyl (C=O) groups excluding carboxylic acids is 1. The molecule has 0 aromatic heterocycles. The molecule has 2 fully saturated rings. The first-order valence-corrected chi connectivity index (χ1v) is 13.1. The lowest BCUT2D eigenvalue weighted by atomic mass is 10.1. The Morgan fingerprint density at radius 2 is 1.91 bits per heavy atom. The molecule has 11 heteroatoms. The number of halogens is 2. The van der Waals surface area contributed by atoms with Gasteiger partial charge in [-0.2, -0.15) is 4.99 Å². The highest BCUT2D eigenvalue weighted by Crippen LogP contribution is 2.44. The van der Waals surface area contributed by atoms with Crippen molar-refractivity contribution in [2.45, 2.75) is 17.7 Å². The van der Waals surface area contributed by atoms with E-state index in [1.165, 1.54) is 18.9 Å².